The Kier molecular flexibility index (Phi) is 16.2. The Morgan fingerprint density at radius 2 is 1.72 bits per heavy atom. The van der Waals surface area contributed by atoms with Gasteiger partial charge in [-0.15, -0.1) is 0 Å². The number of hydrogen-bond acceptors (Lipinski definition) is 6. The van der Waals surface area contributed by atoms with Gasteiger partial charge < -0.3 is 25.2 Å². The first kappa shape index (κ1) is 27.3. The summed E-state index contributed by atoms with van der Waals surface area (Å²) in [6, 6.07) is 0. The van der Waals surface area contributed by atoms with Gasteiger partial charge in [0.1, 0.15) is 11.9 Å². The highest BCUT2D eigenvalue weighted by Crippen LogP contribution is 2.10. The van der Waals surface area contributed by atoms with Gasteiger partial charge in [0.25, 0.3) is 0 Å². The zero-order chi connectivity index (χ0) is 22.1. The first-order chi connectivity index (χ1) is 13.8. The van der Waals surface area contributed by atoms with Crippen molar-refractivity contribution in [3.8, 4) is 0 Å². The molecule has 2 amide bonds. The fourth-order valence-electron chi connectivity index (χ4n) is 2.55. The van der Waals surface area contributed by atoms with Crippen LogP contribution in [0.5, 0.6) is 0 Å². The van der Waals surface area contributed by atoms with Crippen molar-refractivity contribution in [3.63, 3.8) is 0 Å². The molecule has 8 nitrogen and oxygen atoms in total. The van der Waals surface area contributed by atoms with E-state index in [4.69, 9.17) is 9.47 Å². The molecule has 0 rings (SSSR count). The molecule has 0 saturated heterocycles. The van der Waals surface area contributed by atoms with Crippen LogP contribution in [-0.4, -0.2) is 61.4 Å². The summed E-state index contributed by atoms with van der Waals surface area (Å²) in [4.78, 5) is 35.0. The van der Waals surface area contributed by atoms with Crippen LogP contribution in [0.3, 0.4) is 0 Å². The molecule has 0 aliphatic carbocycles. The maximum atomic E-state index is 12.0. The van der Waals surface area contributed by atoms with Crippen LogP contribution in [0.2, 0.25) is 0 Å². The van der Waals surface area contributed by atoms with Gasteiger partial charge in [0.2, 0.25) is 5.91 Å². The summed E-state index contributed by atoms with van der Waals surface area (Å²) in [5.41, 5.74) is 0. The number of Topliss-reactive ketones (excluding diaryl/α,β-unsaturated/α-hetero) is 1. The van der Waals surface area contributed by atoms with Gasteiger partial charge in [0, 0.05) is 38.3 Å². The average molecular weight is 417 g/mol. The fraction of sp³-hybridized carbons (Fsp3) is 0.857. The van der Waals surface area contributed by atoms with E-state index in [2.05, 4.69) is 10.6 Å². The summed E-state index contributed by atoms with van der Waals surface area (Å²) in [5.74, 6) is 0.0773. The van der Waals surface area contributed by atoms with E-state index in [1.165, 1.54) is 0 Å². The summed E-state index contributed by atoms with van der Waals surface area (Å²) >= 11 is 0. The summed E-state index contributed by atoms with van der Waals surface area (Å²) in [7, 11) is 0. The van der Waals surface area contributed by atoms with Crippen molar-refractivity contribution in [3.05, 3.63) is 0 Å². The zero-order valence-electron chi connectivity index (χ0n) is 18.5. The van der Waals surface area contributed by atoms with Crippen molar-refractivity contribution < 1.29 is 29.0 Å². The van der Waals surface area contributed by atoms with Crippen molar-refractivity contribution in [2.75, 3.05) is 26.3 Å². The van der Waals surface area contributed by atoms with Gasteiger partial charge in [-0.1, -0.05) is 20.3 Å². The summed E-state index contributed by atoms with van der Waals surface area (Å²) in [5, 5.41) is 14.8. The first-order valence-electron chi connectivity index (χ1n) is 10.8. The van der Waals surface area contributed by atoms with Crippen LogP contribution in [0.1, 0.15) is 72.6 Å². The summed E-state index contributed by atoms with van der Waals surface area (Å²) in [6.07, 6.45) is 3.00. The second kappa shape index (κ2) is 17.2. The fourth-order valence-corrected chi connectivity index (χ4v) is 2.55. The zero-order valence-corrected chi connectivity index (χ0v) is 18.5. The highest BCUT2D eigenvalue weighted by molar-refractivity contribution is 5.78. The maximum Gasteiger partial charge on any atom is 0.407 e. The number of ketones is 1. The van der Waals surface area contributed by atoms with Crippen LogP contribution in [0.25, 0.3) is 0 Å². The number of nitrogens with one attached hydrogen (secondary N) is 2. The van der Waals surface area contributed by atoms with Crippen molar-refractivity contribution in [2.24, 2.45) is 5.92 Å². The molecule has 0 aromatic carbocycles. The average Bonchev–Trinajstić information content (AvgIpc) is 2.70. The molecule has 0 radical (unpaired) electrons. The third kappa shape index (κ3) is 15.9. The van der Waals surface area contributed by atoms with Crippen LogP contribution in [-0.2, 0) is 19.1 Å². The highest BCUT2D eigenvalue weighted by atomic mass is 16.6. The third-order valence-electron chi connectivity index (χ3n) is 4.49. The van der Waals surface area contributed by atoms with E-state index < -0.39 is 12.2 Å². The number of unbranched alkanes of at least 4 members (excludes halogenated alkanes) is 1. The van der Waals surface area contributed by atoms with Crippen molar-refractivity contribution in [1.82, 2.24) is 10.6 Å². The lowest BCUT2D eigenvalue weighted by Crippen LogP contribution is -2.37. The predicted molar refractivity (Wildman–Crippen MR) is 112 cm³/mol. The number of alkyl carbamates (subject to hydrolysis) is 1. The monoisotopic (exact) mass is 416 g/mol. The molecular weight excluding hydrogens is 376 g/mol. The standard InChI is InChI=1S/C21H40N2O6/c1-5-18(25)10-11-19(13-23-20(26)6-2)29-21(27)22-12-8-7-9-17(14-24)15-28-16(3)4/h16-17,19,24H,5-15H2,1-4H3,(H,22,27)(H,23,26). The largest absolute Gasteiger partial charge is 0.444 e. The normalized spacial score (nSPS) is 13.0. The van der Waals surface area contributed by atoms with E-state index in [-0.39, 0.29) is 36.9 Å². The predicted octanol–water partition coefficient (Wildman–Crippen LogP) is 2.57. The SMILES string of the molecule is CCC(=O)CCC(CNC(=O)CC)OC(=O)NCCCCC(CO)COC(C)C. The van der Waals surface area contributed by atoms with Crippen LogP contribution in [0.4, 0.5) is 4.79 Å². The van der Waals surface area contributed by atoms with Gasteiger partial charge in [0.15, 0.2) is 0 Å². The number of aliphatic hydroxyl groups excluding tert-OH is 1. The molecule has 0 heterocycles. The number of carbonyl (C=O) groups is 3. The highest BCUT2D eigenvalue weighted by Gasteiger charge is 2.17. The Morgan fingerprint density at radius 1 is 1.00 bits per heavy atom. The maximum absolute atomic E-state index is 12.0. The van der Waals surface area contributed by atoms with Crippen molar-refractivity contribution in [1.29, 1.82) is 0 Å². The van der Waals surface area contributed by atoms with Gasteiger partial charge in [-0.2, -0.15) is 0 Å². The minimum absolute atomic E-state index is 0.0871. The quantitative estimate of drug-likeness (QED) is 0.314. The molecule has 0 aromatic rings. The Bertz CT molecular complexity index is 450. The molecule has 29 heavy (non-hydrogen) atoms. The number of hydrogen-bond donors (Lipinski definition) is 3. The summed E-state index contributed by atoms with van der Waals surface area (Å²) in [6.45, 7) is 8.74. The third-order valence-corrected chi connectivity index (χ3v) is 4.49. The molecule has 3 N–H and O–H groups in total. The van der Waals surface area contributed by atoms with Crippen LogP contribution < -0.4 is 10.6 Å². The molecule has 0 aliphatic rings. The lowest BCUT2D eigenvalue weighted by Gasteiger charge is -2.19. The van der Waals surface area contributed by atoms with Crippen LogP contribution in [0.15, 0.2) is 0 Å². The molecular formula is C21H40N2O6. The molecule has 0 aliphatic heterocycles. The van der Waals surface area contributed by atoms with Gasteiger partial charge in [0.05, 0.1) is 19.3 Å². The Labute approximate surface area is 175 Å². The molecule has 2 atom stereocenters. The van der Waals surface area contributed by atoms with E-state index in [0.717, 1.165) is 19.3 Å². The number of aliphatic hydroxyl groups is 1. The topological polar surface area (TPSA) is 114 Å². The Morgan fingerprint density at radius 3 is 2.31 bits per heavy atom. The number of ether oxygens (including phenoxy) is 2. The van der Waals surface area contributed by atoms with Crippen molar-refractivity contribution in [2.45, 2.75) is 84.8 Å². The smallest absolute Gasteiger partial charge is 0.407 e. The number of carbonyl (C=O) groups excluding carboxylic acids is 3. The molecule has 8 heteroatoms. The van der Waals surface area contributed by atoms with Gasteiger partial charge in [-0.25, -0.2) is 4.79 Å². The van der Waals surface area contributed by atoms with Gasteiger partial charge in [-0.3, -0.25) is 9.59 Å². The molecule has 0 fully saturated rings. The molecule has 0 spiro atoms. The molecule has 0 bridgehead atoms. The number of rotatable bonds is 17. The first-order valence-corrected chi connectivity index (χ1v) is 10.8. The van der Waals surface area contributed by atoms with Gasteiger partial charge >= 0.3 is 6.09 Å². The van der Waals surface area contributed by atoms with Gasteiger partial charge in [-0.05, 0) is 33.1 Å². The van der Waals surface area contributed by atoms with Crippen LogP contribution in [0, 0.1) is 5.92 Å². The summed E-state index contributed by atoms with van der Waals surface area (Å²) < 4.78 is 10.9. The molecule has 0 saturated carbocycles. The second-order valence-corrected chi connectivity index (χ2v) is 7.47. The second-order valence-electron chi connectivity index (χ2n) is 7.47. The Hall–Kier alpha value is -1.67. The van der Waals surface area contributed by atoms with E-state index in [9.17, 15) is 19.5 Å². The minimum atomic E-state index is -0.549. The lowest BCUT2D eigenvalue weighted by molar-refractivity contribution is -0.121. The molecule has 170 valence electrons. The molecule has 2 unspecified atom stereocenters. The van der Waals surface area contributed by atoms with Crippen LogP contribution >= 0.6 is 0 Å². The van der Waals surface area contributed by atoms with E-state index in [0.29, 0.717) is 38.8 Å². The van der Waals surface area contributed by atoms with Crippen molar-refractivity contribution >= 4 is 17.8 Å². The lowest BCUT2D eigenvalue weighted by atomic mass is 10.0. The van der Waals surface area contributed by atoms with E-state index in [1.54, 1.807) is 13.8 Å². The molecule has 0 aromatic heterocycles. The van der Waals surface area contributed by atoms with E-state index >= 15 is 0 Å². The number of amides is 2. The van der Waals surface area contributed by atoms with E-state index in [1.807, 2.05) is 13.8 Å². The minimum Gasteiger partial charge on any atom is -0.444 e. The Balaban J connectivity index is 4.17.